The highest BCUT2D eigenvalue weighted by Gasteiger charge is 2.46. The van der Waals surface area contributed by atoms with Crippen LogP contribution in [0.2, 0.25) is 0 Å². The molecule has 1 saturated heterocycles. The summed E-state index contributed by atoms with van der Waals surface area (Å²) in [7, 11) is -4.40. The van der Waals surface area contributed by atoms with E-state index in [4.69, 9.17) is 0 Å². The fraction of sp³-hybridized carbons (Fsp3) is 1.00. The van der Waals surface area contributed by atoms with Gasteiger partial charge in [0.15, 0.2) is 6.61 Å². The minimum atomic E-state index is -4.40. The standard InChI is InChI=1S/C2H2F2O4S/c3-2(4)1-7-9(5,6)8-2/h1H2. The van der Waals surface area contributed by atoms with Gasteiger partial charge in [-0.15, -0.1) is 0 Å². The lowest BCUT2D eigenvalue weighted by Gasteiger charge is -1.98. The molecule has 4 nitrogen and oxygen atoms in total. The van der Waals surface area contributed by atoms with Crippen molar-refractivity contribution in [2.45, 2.75) is 6.11 Å². The summed E-state index contributed by atoms with van der Waals surface area (Å²) in [6, 6.07) is 0. The highest BCUT2D eigenvalue weighted by molar-refractivity contribution is 7.82. The quantitative estimate of drug-likeness (QED) is 0.495. The molecular weight excluding hydrogens is 158 g/mol. The zero-order valence-electron chi connectivity index (χ0n) is 4.00. The molecule has 54 valence electrons. The first-order chi connectivity index (χ1) is 3.91. The van der Waals surface area contributed by atoms with E-state index >= 15 is 0 Å². The van der Waals surface area contributed by atoms with Crippen molar-refractivity contribution in [2.24, 2.45) is 0 Å². The maximum absolute atomic E-state index is 11.7. The van der Waals surface area contributed by atoms with Gasteiger partial charge in [-0.25, -0.2) is 4.18 Å². The molecule has 0 unspecified atom stereocenters. The SMILES string of the molecule is O=S1(=O)OCC(F)(F)O1. The predicted octanol–water partition coefficient (Wildman–Crippen LogP) is -0.129. The van der Waals surface area contributed by atoms with E-state index < -0.39 is 23.1 Å². The van der Waals surface area contributed by atoms with Gasteiger partial charge in [-0.1, -0.05) is 0 Å². The first kappa shape index (κ1) is 6.84. The van der Waals surface area contributed by atoms with Crippen LogP contribution in [0.3, 0.4) is 0 Å². The number of hydrogen-bond acceptors (Lipinski definition) is 4. The molecule has 7 heteroatoms. The van der Waals surface area contributed by atoms with Crippen molar-refractivity contribution < 1.29 is 25.6 Å². The topological polar surface area (TPSA) is 52.6 Å². The fourth-order valence-corrected chi connectivity index (χ4v) is 1.01. The van der Waals surface area contributed by atoms with Crippen molar-refractivity contribution in [3.8, 4) is 0 Å². The molecule has 1 fully saturated rings. The van der Waals surface area contributed by atoms with Crippen LogP contribution in [0.25, 0.3) is 0 Å². The van der Waals surface area contributed by atoms with Crippen LogP contribution in [0, 0.1) is 0 Å². The highest BCUT2D eigenvalue weighted by atomic mass is 32.3. The Hall–Kier alpha value is -0.270. The van der Waals surface area contributed by atoms with Crippen LogP contribution in [-0.2, 0) is 18.8 Å². The van der Waals surface area contributed by atoms with E-state index in [-0.39, 0.29) is 0 Å². The van der Waals surface area contributed by atoms with E-state index in [2.05, 4.69) is 8.37 Å². The smallest absolute Gasteiger partial charge is 0.239 e. The van der Waals surface area contributed by atoms with Gasteiger partial charge in [0.2, 0.25) is 0 Å². The first-order valence-electron chi connectivity index (χ1n) is 1.89. The molecule has 0 spiro atoms. The lowest BCUT2D eigenvalue weighted by Crippen LogP contribution is -2.17. The van der Waals surface area contributed by atoms with E-state index in [0.29, 0.717) is 0 Å². The van der Waals surface area contributed by atoms with Crippen LogP contribution in [0.4, 0.5) is 8.78 Å². The molecule has 0 aromatic rings. The Morgan fingerprint density at radius 3 is 2.11 bits per heavy atom. The average Bonchev–Trinajstić information content (AvgIpc) is 1.78. The number of alkyl halides is 2. The molecular formula is C2H2F2O4S. The van der Waals surface area contributed by atoms with Gasteiger partial charge < -0.3 is 0 Å². The first-order valence-corrected chi connectivity index (χ1v) is 3.22. The van der Waals surface area contributed by atoms with Gasteiger partial charge in [0.1, 0.15) is 0 Å². The second-order valence-electron chi connectivity index (χ2n) is 1.39. The van der Waals surface area contributed by atoms with E-state index in [1.54, 1.807) is 0 Å². The Morgan fingerprint density at radius 1 is 1.44 bits per heavy atom. The Morgan fingerprint density at radius 2 is 2.00 bits per heavy atom. The summed E-state index contributed by atoms with van der Waals surface area (Å²) >= 11 is 0. The minimum Gasteiger partial charge on any atom is -0.239 e. The molecule has 0 N–H and O–H groups in total. The zero-order valence-corrected chi connectivity index (χ0v) is 4.82. The predicted molar refractivity (Wildman–Crippen MR) is 20.9 cm³/mol. The summed E-state index contributed by atoms with van der Waals surface area (Å²) in [6.07, 6.45) is -3.68. The van der Waals surface area contributed by atoms with E-state index in [1.165, 1.54) is 0 Å². The van der Waals surface area contributed by atoms with Gasteiger partial charge >= 0.3 is 16.5 Å². The maximum atomic E-state index is 11.7. The molecule has 0 aliphatic carbocycles. The molecule has 9 heavy (non-hydrogen) atoms. The summed E-state index contributed by atoms with van der Waals surface area (Å²) in [5.41, 5.74) is 0. The Balaban J connectivity index is 2.81. The summed E-state index contributed by atoms with van der Waals surface area (Å²) in [6.45, 7) is -1.23. The molecule has 1 rings (SSSR count). The molecule has 1 heterocycles. The van der Waals surface area contributed by atoms with Crippen molar-refractivity contribution >= 4 is 10.4 Å². The van der Waals surface area contributed by atoms with Crippen LogP contribution in [0.15, 0.2) is 0 Å². The highest BCUT2D eigenvalue weighted by Crippen LogP contribution is 2.26. The molecule has 0 radical (unpaired) electrons. The van der Waals surface area contributed by atoms with E-state index in [0.717, 1.165) is 0 Å². The molecule has 0 bridgehead atoms. The van der Waals surface area contributed by atoms with E-state index in [9.17, 15) is 17.2 Å². The van der Waals surface area contributed by atoms with E-state index in [1.807, 2.05) is 0 Å². The van der Waals surface area contributed by atoms with Crippen LogP contribution in [-0.4, -0.2) is 21.1 Å². The summed E-state index contributed by atoms with van der Waals surface area (Å²) in [5, 5.41) is 0. The number of rotatable bonds is 0. The average molecular weight is 160 g/mol. The second-order valence-corrected chi connectivity index (χ2v) is 2.61. The summed E-state index contributed by atoms with van der Waals surface area (Å²) < 4.78 is 50.0. The molecule has 0 amide bonds. The van der Waals surface area contributed by atoms with Gasteiger partial charge in [0.05, 0.1) is 0 Å². The van der Waals surface area contributed by atoms with Crippen molar-refractivity contribution in [1.82, 2.24) is 0 Å². The number of halogens is 2. The third-order valence-electron chi connectivity index (χ3n) is 0.595. The summed E-state index contributed by atoms with van der Waals surface area (Å²) in [5.74, 6) is 0. The van der Waals surface area contributed by atoms with Gasteiger partial charge in [-0.05, 0) is 0 Å². The molecule has 0 atom stereocenters. The Labute approximate surface area is 49.7 Å². The monoisotopic (exact) mass is 160 g/mol. The lowest BCUT2D eigenvalue weighted by molar-refractivity contribution is -0.159. The van der Waals surface area contributed by atoms with Gasteiger partial charge in [0, 0.05) is 0 Å². The van der Waals surface area contributed by atoms with Gasteiger partial charge in [-0.2, -0.15) is 21.4 Å². The van der Waals surface area contributed by atoms with Gasteiger partial charge in [0.25, 0.3) is 0 Å². The Kier molecular flexibility index (Phi) is 1.23. The maximum Gasteiger partial charge on any atom is 0.405 e. The van der Waals surface area contributed by atoms with Gasteiger partial charge in [-0.3, -0.25) is 0 Å². The lowest BCUT2D eigenvalue weighted by atomic mass is 10.7. The van der Waals surface area contributed by atoms with Crippen molar-refractivity contribution in [3.63, 3.8) is 0 Å². The van der Waals surface area contributed by atoms with Crippen LogP contribution in [0.5, 0.6) is 0 Å². The largest absolute Gasteiger partial charge is 0.405 e. The molecule has 1 aliphatic rings. The molecule has 0 saturated carbocycles. The van der Waals surface area contributed by atoms with Crippen molar-refractivity contribution in [3.05, 3.63) is 0 Å². The van der Waals surface area contributed by atoms with Crippen molar-refractivity contribution in [2.75, 3.05) is 6.61 Å². The summed E-state index contributed by atoms with van der Waals surface area (Å²) in [4.78, 5) is 0. The van der Waals surface area contributed by atoms with Crippen LogP contribution < -0.4 is 0 Å². The second kappa shape index (κ2) is 1.61. The third-order valence-corrected chi connectivity index (χ3v) is 1.45. The molecule has 1 aliphatic heterocycles. The fourth-order valence-electron chi connectivity index (χ4n) is 0.338. The third kappa shape index (κ3) is 1.57. The zero-order chi connectivity index (χ0) is 7.12. The molecule has 0 aromatic carbocycles. The minimum absolute atomic E-state index is 1.23. The normalized spacial score (nSPS) is 30.4. The Bertz CT molecular complexity index is 207. The molecule has 0 aromatic heterocycles. The van der Waals surface area contributed by atoms with Crippen molar-refractivity contribution in [1.29, 1.82) is 0 Å². The number of hydrogen-bond donors (Lipinski definition) is 0. The van der Waals surface area contributed by atoms with Crippen LogP contribution >= 0.6 is 0 Å². The van der Waals surface area contributed by atoms with Crippen LogP contribution in [0.1, 0.15) is 0 Å².